The van der Waals surface area contributed by atoms with Crippen molar-refractivity contribution in [3.63, 3.8) is 0 Å². The molecule has 0 heterocycles. The zero-order valence-corrected chi connectivity index (χ0v) is 15.2. The maximum atomic E-state index is 13.8. The maximum Gasteiger partial charge on any atom is 0.243 e. The first-order valence-corrected chi connectivity index (χ1v) is 10.0. The predicted octanol–water partition coefficient (Wildman–Crippen LogP) is 3.98. The van der Waals surface area contributed by atoms with Gasteiger partial charge in [0.25, 0.3) is 0 Å². The summed E-state index contributed by atoms with van der Waals surface area (Å²) in [5.41, 5.74) is 0.267. The van der Waals surface area contributed by atoms with Crippen LogP contribution in [0.15, 0.2) is 17.0 Å². The lowest BCUT2D eigenvalue weighted by molar-refractivity contribution is 0.385. The van der Waals surface area contributed by atoms with Crippen LogP contribution in [0.1, 0.15) is 18.9 Å². The number of thioether (sulfide) groups is 1. The van der Waals surface area contributed by atoms with E-state index in [0.717, 1.165) is 6.07 Å². The first kappa shape index (κ1) is 19.0. The molecule has 0 fully saturated rings. The lowest BCUT2D eigenvalue weighted by atomic mass is 10.2. The zero-order valence-electron chi connectivity index (χ0n) is 12.1. The normalized spacial score (nSPS) is 13.7. The molecule has 0 saturated heterocycles. The van der Waals surface area contributed by atoms with Gasteiger partial charge >= 0.3 is 0 Å². The Hall–Kier alpha value is -0.0100. The molecule has 0 aliphatic carbocycles. The Bertz CT molecular complexity index is 596. The molecule has 3 nitrogen and oxygen atoms in total. The Morgan fingerprint density at radius 2 is 2.05 bits per heavy atom. The number of rotatable bonds is 7. The summed E-state index contributed by atoms with van der Waals surface area (Å²) in [5, 5.41) is -0.136. The molecule has 0 N–H and O–H groups in total. The van der Waals surface area contributed by atoms with Gasteiger partial charge in [-0.2, -0.15) is 16.1 Å². The number of benzene rings is 1. The maximum absolute atomic E-state index is 13.8. The van der Waals surface area contributed by atoms with Gasteiger partial charge in [0, 0.05) is 24.7 Å². The fraction of sp³-hybridized carbons (Fsp3) is 0.538. The van der Waals surface area contributed by atoms with Crippen LogP contribution in [-0.4, -0.2) is 37.8 Å². The molecule has 0 spiro atoms. The number of hydrogen-bond donors (Lipinski definition) is 0. The summed E-state index contributed by atoms with van der Waals surface area (Å²) in [5.74, 6) is -0.158. The third-order valence-corrected chi connectivity index (χ3v) is 6.56. The molecule has 0 amide bonds. The van der Waals surface area contributed by atoms with Gasteiger partial charge in [0.05, 0.1) is 9.92 Å². The van der Waals surface area contributed by atoms with Gasteiger partial charge in [0.15, 0.2) is 0 Å². The first-order chi connectivity index (χ1) is 9.79. The summed E-state index contributed by atoms with van der Waals surface area (Å²) < 4.78 is 40.3. The van der Waals surface area contributed by atoms with E-state index in [1.54, 1.807) is 11.8 Å². The van der Waals surface area contributed by atoms with Gasteiger partial charge in [-0.15, -0.1) is 11.6 Å². The smallest absolute Gasteiger partial charge is 0.207 e. The van der Waals surface area contributed by atoms with Crippen LogP contribution in [0.3, 0.4) is 0 Å². The van der Waals surface area contributed by atoms with Gasteiger partial charge in [-0.25, -0.2) is 12.8 Å². The fourth-order valence-electron chi connectivity index (χ4n) is 1.90. The van der Waals surface area contributed by atoms with Crippen LogP contribution in [-0.2, 0) is 15.9 Å². The molecular formula is C13H18Cl2FNO2S2. The minimum atomic E-state index is -3.78. The van der Waals surface area contributed by atoms with Crippen molar-refractivity contribution in [2.45, 2.75) is 30.2 Å². The Labute approximate surface area is 139 Å². The zero-order chi connectivity index (χ0) is 16.2. The highest BCUT2D eigenvalue weighted by Crippen LogP contribution is 2.28. The van der Waals surface area contributed by atoms with Gasteiger partial charge < -0.3 is 0 Å². The van der Waals surface area contributed by atoms with Crippen LogP contribution in [0.5, 0.6) is 0 Å². The number of alkyl halides is 1. The second kappa shape index (κ2) is 8.02. The fourth-order valence-corrected chi connectivity index (χ4v) is 4.79. The van der Waals surface area contributed by atoms with Crippen LogP contribution < -0.4 is 0 Å². The van der Waals surface area contributed by atoms with Gasteiger partial charge in [-0.3, -0.25) is 0 Å². The molecule has 0 aromatic heterocycles. The van der Waals surface area contributed by atoms with Gasteiger partial charge in [-0.1, -0.05) is 18.5 Å². The topological polar surface area (TPSA) is 37.4 Å². The third kappa shape index (κ3) is 4.26. The van der Waals surface area contributed by atoms with Gasteiger partial charge in [0.1, 0.15) is 5.82 Å². The molecule has 1 rings (SSSR count). The highest BCUT2D eigenvalue weighted by molar-refractivity contribution is 7.98. The lowest BCUT2D eigenvalue weighted by Crippen LogP contribution is -2.38. The summed E-state index contributed by atoms with van der Waals surface area (Å²) in [6, 6.07) is 2.12. The van der Waals surface area contributed by atoms with Crippen molar-refractivity contribution in [3.05, 3.63) is 28.5 Å². The third-order valence-electron chi connectivity index (χ3n) is 3.24. The van der Waals surface area contributed by atoms with Crippen molar-refractivity contribution in [2.75, 3.05) is 19.1 Å². The van der Waals surface area contributed by atoms with E-state index in [2.05, 4.69) is 0 Å². The number of hydrogen-bond acceptors (Lipinski definition) is 3. The molecule has 1 unspecified atom stereocenters. The van der Waals surface area contributed by atoms with Crippen LogP contribution >= 0.6 is 35.0 Å². The van der Waals surface area contributed by atoms with Crippen molar-refractivity contribution < 1.29 is 12.8 Å². The molecule has 1 aromatic rings. The summed E-state index contributed by atoms with van der Waals surface area (Å²) >= 11 is 13.0. The Kier molecular flexibility index (Phi) is 7.27. The molecule has 120 valence electrons. The molecule has 0 aliphatic heterocycles. The van der Waals surface area contributed by atoms with Gasteiger partial charge in [-0.05, 0) is 30.4 Å². The van der Waals surface area contributed by atoms with Crippen molar-refractivity contribution >= 4 is 45.0 Å². The summed E-state index contributed by atoms with van der Waals surface area (Å²) in [4.78, 5) is -0.123. The van der Waals surface area contributed by atoms with Gasteiger partial charge in [0.2, 0.25) is 10.0 Å². The minimum absolute atomic E-state index is 0.0507. The highest BCUT2D eigenvalue weighted by atomic mass is 35.5. The quantitative estimate of drug-likeness (QED) is 0.678. The summed E-state index contributed by atoms with van der Waals surface area (Å²) in [6.07, 6.45) is 2.59. The van der Waals surface area contributed by atoms with Crippen LogP contribution in [0, 0.1) is 5.82 Å². The largest absolute Gasteiger partial charge is 0.243 e. The Balaban J connectivity index is 3.27. The molecule has 1 aromatic carbocycles. The van der Waals surface area contributed by atoms with Crippen molar-refractivity contribution in [2.24, 2.45) is 0 Å². The van der Waals surface area contributed by atoms with Crippen molar-refractivity contribution in [1.82, 2.24) is 4.31 Å². The van der Waals surface area contributed by atoms with E-state index in [9.17, 15) is 12.8 Å². The summed E-state index contributed by atoms with van der Waals surface area (Å²) in [7, 11) is -2.28. The van der Waals surface area contributed by atoms with E-state index in [1.165, 1.54) is 17.4 Å². The SMILES string of the molecule is CCC(CSC)N(C)S(=O)(=O)c1cc(F)c(Cl)c(CCl)c1. The number of sulfonamides is 1. The van der Waals surface area contributed by atoms with E-state index in [4.69, 9.17) is 23.2 Å². The second-order valence-corrected chi connectivity index (χ2v) is 8.10. The van der Waals surface area contributed by atoms with E-state index < -0.39 is 15.8 Å². The molecule has 8 heteroatoms. The van der Waals surface area contributed by atoms with E-state index in [0.29, 0.717) is 12.2 Å². The van der Waals surface area contributed by atoms with Crippen molar-refractivity contribution in [1.29, 1.82) is 0 Å². The predicted molar refractivity (Wildman–Crippen MR) is 88.4 cm³/mol. The Morgan fingerprint density at radius 1 is 1.43 bits per heavy atom. The van der Waals surface area contributed by atoms with Crippen LogP contribution in [0.4, 0.5) is 4.39 Å². The standard InChI is InChI=1S/C13H18Cl2FNO2S2/c1-4-10(8-20-3)17(2)21(18,19)11-5-9(7-14)13(15)12(16)6-11/h5-6,10H,4,7-8H2,1-3H3. The number of nitrogens with zero attached hydrogens (tertiary/aromatic N) is 1. The van der Waals surface area contributed by atoms with E-state index >= 15 is 0 Å². The molecular weight excluding hydrogens is 356 g/mol. The molecule has 21 heavy (non-hydrogen) atoms. The lowest BCUT2D eigenvalue weighted by Gasteiger charge is -2.26. The molecule has 0 bridgehead atoms. The Morgan fingerprint density at radius 3 is 2.52 bits per heavy atom. The molecule has 0 saturated carbocycles. The van der Waals surface area contributed by atoms with Crippen molar-refractivity contribution in [3.8, 4) is 0 Å². The second-order valence-electron chi connectivity index (χ2n) is 4.55. The molecule has 0 aliphatic rings. The number of halogens is 3. The van der Waals surface area contributed by atoms with Crippen LogP contribution in [0.2, 0.25) is 5.02 Å². The average Bonchev–Trinajstić information content (AvgIpc) is 2.46. The average molecular weight is 374 g/mol. The van der Waals surface area contributed by atoms with Crippen LogP contribution in [0.25, 0.3) is 0 Å². The highest BCUT2D eigenvalue weighted by Gasteiger charge is 2.28. The first-order valence-electron chi connectivity index (χ1n) is 6.30. The molecule has 1 atom stereocenters. The van der Waals surface area contributed by atoms with E-state index in [-0.39, 0.29) is 27.4 Å². The monoisotopic (exact) mass is 373 g/mol. The minimum Gasteiger partial charge on any atom is -0.207 e. The summed E-state index contributed by atoms with van der Waals surface area (Å²) in [6.45, 7) is 1.92. The van der Waals surface area contributed by atoms with E-state index in [1.807, 2.05) is 13.2 Å². The molecule has 0 radical (unpaired) electrons.